The first-order valence-electron chi connectivity index (χ1n) is 7.87. The van der Waals surface area contributed by atoms with Gasteiger partial charge in [0.25, 0.3) is 0 Å². The number of aliphatic hydroxyl groups is 1. The maximum Gasteiger partial charge on any atom is 0.474 e. The van der Waals surface area contributed by atoms with E-state index in [1.54, 1.807) is 0 Å². The van der Waals surface area contributed by atoms with Crippen LogP contribution in [0.3, 0.4) is 0 Å². The molecule has 26 heavy (non-hydrogen) atoms. The summed E-state index contributed by atoms with van der Waals surface area (Å²) in [5.74, 6) is 0.547. The molecule has 3 rings (SSSR count). The average molecular weight is 388 g/mol. The first-order valence-corrected chi connectivity index (χ1v) is 9.36. The highest BCUT2D eigenvalue weighted by molar-refractivity contribution is 7.47. The topological polar surface area (TPSA) is 167 Å². The monoisotopic (exact) mass is 388 g/mol. The van der Waals surface area contributed by atoms with E-state index in [1.807, 2.05) is 13.8 Å². The molecule has 2 aromatic heterocycles. The minimum atomic E-state index is -4.27. The van der Waals surface area contributed by atoms with Gasteiger partial charge in [-0.2, -0.15) is 0 Å². The lowest BCUT2D eigenvalue weighted by atomic mass is 10.2. The zero-order chi connectivity index (χ0) is 19.1. The maximum atomic E-state index is 11.6. The second kappa shape index (κ2) is 7.06. The number of hydrogen-bond donors (Lipinski definition) is 4. The number of nitrogens with zero attached hydrogens (tertiary/aromatic N) is 4. The summed E-state index contributed by atoms with van der Waals surface area (Å²) in [6.45, 7) is 3.83. The Bertz CT molecular complexity index is 844. The van der Waals surface area contributed by atoms with Gasteiger partial charge in [-0.25, -0.2) is 19.5 Å². The molecular formula is C13H21N6O6P. The number of nitrogens with two attached hydrogens (primary N) is 1. The fourth-order valence-electron chi connectivity index (χ4n) is 2.64. The summed E-state index contributed by atoms with van der Waals surface area (Å²) < 4.78 is 28.0. The van der Waals surface area contributed by atoms with E-state index in [-0.39, 0.29) is 18.3 Å². The number of hydrogen-bond acceptors (Lipinski definition) is 10. The number of nitrogens with one attached hydrogen (secondary N) is 1. The van der Waals surface area contributed by atoms with Crippen LogP contribution >= 0.6 is 7.82 Å². The van der Waals surface area contributed by atoms with Crippen LogP contribution < -0.4 is 11.1 Å². The number of ether oxygens (including phenoxy) is 1. The molecule has 1 aliphatic rings. The highest BCUT2D eigenvalue weighted by Crippen LogP contribution is 2.47. The van der Waals surface area contributed by atoms with Gasteiger partial charge in [0.2, 0.25) is 5.95 Å². The number of phosphoric ester groups is 1. The molecule has 0 aliphatic carbocycles. The molecule has 1 aliphatic heterocycles. The van der Waals surface area contributed by atoms with E-state index in [1.165, 1.54) is 10.9 Å². The fourth-order valence-corrected chi connectivity index (χ4v) is 3.15. The van der Waals surface area contributed by atoms with Gasteiger partial charge in [0.05, 0.1) is 0 Å². The van der Waals surface area contributed by atoms with Gasteiger partial charge in [0, 0.05) is 19.6 Å². The van der Waals surface area contributed by atoms with E-state index in [2.05, 4.69) is 24.8 Å². The van der Waals surface area contributed by atoms with Crippen molar-refractivity contribution in [3.63, 3.8) is 0 Å². The van der Waals surface area contributed by atoms with Crippen molar-refractivity contribution in [1.29, 1.82) is 0 Å². The summed E-state index contributed by atoms with van der Waals surface area (Å²) in [4.78, 5) is 21.9. The van der Waals surface area contributed by atoms with Crippen molar-refractivity contribution in [2.24, 2.45) is 0 Å². The standard InChI is InChI=1S/C13H21N6O6P/c1-6(2)17-13-18-9-10(14)15-5-16-11(9)19(13)12-7(20)4-8(24-12)25-26(21,22)23-3/h5-8,12,20H,4H2,1-3H3,(H,17,18)(H,21,22)(H2,14,15,16). The number of phosphoric acid groups is 1. The zero-order valence-corrected chi connectivity index (χ0v) is 15.3. The molecule has 1 saturated heterocycles. The molecule has 0 bridgehead atoms. The van der Waals surface area contributed by atoms with Crippen LogP contribution in [-0.4, -0.2) is 55.1 Å². The lowest BCUT2D eigenvalue weighted by molar-refractivity contribution is -0.115. The van der Waals surface area contributed by atoms with Crippen LogP contribution in [0.25, 0.3) is 11.2 Å². The lowest BCUT2D eigenvalue weighted by Gasteiger charge is -2.21. The Morgan fingerprint density at radius 2 is 2.23 bits per heavy atom. The summed E-state index contributed by atoms with van der Waals surface area (Å²) in [7, 11) is -3.23. The van der Waals surface area contributed by atoms with Gasteiger partial charge in [0.15, 0.2) is 29.5 Å². The number of aromatic nitrogens is 4. The molecule has 2 aromatic rings. The fraction of sp³-hybridized carbons (Fsp3) is 0.615. The van der Waals surface area contributed by atoms with Gasteiger partial charge < -0.3 is 25.8 Å². The van der Waals surface area contributed by atoms with Crippen molar-refractivity contribution < 1.29 is 28.3 Å². The third-order valence-electron chi connectivity index (χ3n) is 3.71. The predicted octanol–water partition coefficient (Wildman–Crippen LogP) is 0.598. The van der Waals surface area contributed by atoms with Crippen LogP contribution in [0.15, 0.2) is 6.33 Å². The van der Waals surface area contributed by atoms with Crippen molar-refractivity contribution in [3.05, 3.63) is 6.33 Å². The number of imidazole rings is 1. The van der Waals surface area contributed by atoms with Crippen LogP contribution in [0.5, 0.6) is 0 Å². The third kappa shape index (κ3) is 3.65. The quantitative estimate of drug-likeness (QED) is 0.511. The number of anilines is 2. The Morgan fingerprint density at radius 3 is 2.88 bits per heavy atom. The van der Waals surface area contributed by atoms with Gasteiger partial charge in [-0.15, -0.1) is 0 Å². The summed E-state index contributed by atoms with van der Waals surface area (Å²) in [5.41, 5.74) is 6.56. The SMILES string of the molecule is COP(=O)(O)OC1CC(O)C(n2c(NC(C)C)nc3c(N)ncnc32)O1. The molecule has 1 fully saturated rings. The Morgan fingerprint density at radius 1 is 1.50 bits per heavy atom. The van der Waals surface area contributed by atoms with E-state index >= 15 is 0 Å². The normalized spacial score (nSPS) is 25.7. The Balaban J connectivity index is 1.98. The highest BCUT2D eigenvalue weighted by atomic mass is 31.2. The second-order valence-electron chi connectivity index (χ2n) is 6.05. The molecule has 12 nitrogen and oxygen atoms in total. The van der Waals surface area contributed by atoms with Crippen LogP contribution in [0, 0.1) is 0 Å². The molecule has 5 N–H and O–H groups in total. The minimum Gasteiger partial charge on any atom is -0.388 e. The molecule has 13 heteroatoms. The van der Waals surface area contributed by atoms with E-state index < -0.39 is 26.4 Å². The molecule has 0 amide bonds. The van der Waals surface area contributed by atoms with Crippen LogP contribution in [0.2, 0.25) is 0 Å². The van der Waals surface area contributed by atoms with Gasteiger partial charge in [-0.05, 0) is 13.8 Å². The highest BCUT2D eigenvalue weighted by Gasteiger charge is 2.41. The number of aliphatic hydroxyl groups excluding tert-OH is 1. The molecule has 4 unspecified atom stereocenters. The number of rotatable bonds is 6. The Kier molecular flexibility index (Phi) is 5.15. The first-order chi connectivity index (χ1) is 12.2. The number of nitrogen functional groups attached to an aromatic ring is 1. The summed E-state index contributed by atoms with van der Waals surface area (Å²) in [6, 6.07) is 0.0245. The maximum absolute atomic E-state index is 11.6. The minimum absolute atomic E-state index is 0.0245. The van der Waals surface area contributed by atoms with Crippen molar-refractivity contribution in [2.45, 2.75) is 44.9 Å². The molecule has 4 atom stereocenters. The summed E-state index contributed by atoms with van der Waals surface area (Å²) >= 11 is 0. The van der Waals surface area contributed by atoms with Crippen molar-refractivity contribution >= 4 is 30.8 Å². The molecule has 0 aromatic carbocycles. The average Bonchev–Trinajstić information content (AvgIpc) is 3.07. The molecule has 3 heterocycles. The summed E-state index contributed by atoms with van der Waals surface area (Å²) in [6.07, 6.45) is -1.92. The summed E-state index contributed by atoms with van der Waals surface area (Å²) in [5, 5.41) is 13.5. The van der Waals surface area contributed by atoms with E-state index in [0.717, 1.165) is 7.11 Å². The van der Waals surface area contributed by atoms with Crippen LogP contribution in [0.1, 0.15) is 26.5 Å². The molecule has 0 radical (unpaired) electrons. The molecule has 0 spiro atoms. The van der Waals surface area contributed by atoms with Crippen molar-refractivity contribution in [2.75, 3.05) is 18.2 Å². The Labute approximate surface area is 148 Å². The molecule has 144 valence electrons. The predicted molar refractivity (Wildman–Crippen MR) is 90.9 cm³/mol. The van der Waals surface area contributed by atoms with E-state index in [4.69, 9.17) is 15.0 Å². The van der Waals surface area contributed by atoms with Crippen LogP contribution in [0.4, 0.5) is 11.8 Å². The largest absolute Gasteiger partial charge is 0.474 e. The van der Waals surface area contributed by atoms with Gasteiger partial charge in [-0.3, -0.25) is 13.6 Å². The smallest absolute Gasteiger partial charge is 0.388 e. The van der Waals surface area contributed by atoms with E-state index in [9.17, 15) is 14.6 Å². The Hall–Kier alpha value is -1.82. The second-order valence-corrected chi connectivity index (χ2v) is 7.56. The van der Waals surface area contributed by atoms with Crippen molar-refractivity contribution in [1.82, 2.24) is 19.5 Å². The van der Waals surface area contributed by atoms with Crippen molar-refractivity contribution in [3.8, 4) is 0 Å². The van der Waals surface area contributed by atoms with Gasteiger partial charge in [-0.1, -0.05) is 0 Å². The molecular weight excluding hydrogens is 367 g/mol. The first kappa shape index (κ1) is 19.0. The van der Waals surface area contributed by atoms with Crippen LogP contribution in [-0.2, 0) is 18.3 Å². The van der Waals surface area contributed by atoms with Gasteiger partial charge in [0.1, 0.15) is 12.4 Å². The third-order valence-corrected chi connectivity index (χ3v) is 4.68. The number of fused-ring (bicyclic) bond motifs is 1. The van der Waals surface area contributed by atoms with E-state index in [0.29, 0.717) is 17.1 Å². The zero-order valence-electron chi connectivity index (χ0n) is 14.4. The lowest BCUT2D eigenvalue weighted by Crippen LogP contribution is -2.23. The molecule has 0 saturated carbocycles. The van der Waals surface area contributed by atoms with Gasteiger partial charge >= 0.3 is 7.82 Å².